The minimum absolute atomic E-state index is 0.192. The summed E-state index contributed by atoms with van der Waals surface area (Å²) in [5.74, 6) is 0.760. The van der Waals surface area contributed by atoms with E-state index in [0.29, 0.717) is 11.4 Å². The molecule has 1 aromatic carbocycles. The lowest BCUT2D eigenvalue weighted by molar-refractivity contribution is 0.102. The van der Waals surface area contributed by atoms with Crippen LogP contribution < -0.4 is 5.73 Å². The van der Waals surface area contributed by atoms with E-state index in [-0.39, 0.29) is 5.78 Å². The molecule has 0 amide bonds. The SMILES string of the molecule is Nc1ccc2c(c1)C(=O)CS2. The monoisotopic (exact) mass is 165 g/mol. The molecule has 0 aliphatic carbocycles. The molecule has 2 nitrogen and oxygen atoms in total. The number of nitrogen functional groups attached to an aromatic ring is 1. The molecule has 0 spiro atoms. The maximum absolute atomic E-state index is 11.1. The van der Waals surface area contributed by atoms with E-state index < -0.39 is 0 Å². The van der Waals surface area contributed by atoms with Gasteiger partial charge in [0.25, 0.3) is 0 Å². The Labute approximate surface area is 68.8 Å². The van der Waals surface area contributed by atoms with Crippen LogP contribution in [0.15, 0.2) is 23.1 Å². The number of nitrogens with two attached hydrogens (primary N) is 1. The number of carbonyl (C=O) groups excluding carboxylic acids is 1. The van der Waals surface area contributed by atoms with E-state index in [1.54, 1.807) is 17.8 Å². The number of benzene rings is 1. The standard InChI is InChI=1S/C8H7NOS/c9-5-1-2-8-6(3-5)7(10)4-11-8/h1-3H,4,9H2. The second-order valence-corrected chi connectivity index (χ2v) is 3.48. The van der Waals surface area contributed by atoms with Crippen molar-refractivity contribution in [1.29, 1.82) is 0 Å². The Morgan fingerprint density at radius 2 is 2.27 bits per heavy atom. The van der Waals surface area contributed by atoms with Crippen molar-refractivity contribution in [2.75, 3.05) is 11.5 Å². The van der Waals surface area contributed by atoms with Crippen LogP contribution in [-0.2, 0) is 0 Å². The van der Waals surface area contributed by atoms with Crippen molar-refractivity contribution in [2.45, 2.75) is 4.90 Å². The highest BCUT2D eigenvalue weighted by Crippen LogP contribution is 2.31. The van der Waals surface area contributed by atoms with Gasteiger partial charge < -0.3 is 5.73 Å². The summed E-state index contributed by atoms with van der Waals surface area (Å²) in [6, 6.07) is 5.47. The van der Waals surface area contributed by atoms with Crippen molar-refractivity contribution in [3.63, 3.8) is 0 Å². The van der Waals surface area contributed by atoms with E-state index in [1.807, 2.05) is 12.1 Å². The van der Waals surface area contributed by atoms with Crippen LogP contribution in [0.5, 0.6) is 0 Å². The van der Waals surface area contributed by atoms with E-state index in [9.17, 15) is 4.79 Å². The molecule has 56 valence electrons. The molecule has 0 saturated carbocycles. The van der Waals surface area contributed by atoms with Crippen LogP contribution in [0.4, 0.5) is 5.69 Å². The molecule has 1 aliphatic heterocycles. The van der Waals surface area contributed by atoms with Gasteiger partial charge in [0.2, 0.25) is 0 Å². The Morgan fingerprint density at radius 3 is 3.09 bits per heavy atom. The summed E-state index contributed by atoms with van der Waals surface area (Å²) < 4.78 is 0. The van der Waals surface area contributed by atoms with Gasteiger partial charge in [-0.05, 0) is 18.2 Å². The average Bonchev–Trinajstić information content (AvgIpc) is 2.33. The largest absolute Gasteiger partial charge is 0.399 e. The Kier molecular flexibility index (Phi) is 1.39. The molecule has 0 fully saturated rings. The molecular weight excluding hydrogens is 158 g/mol. The molecule has 2 N–H and O–H groups in total. The first kappa shape index (κ1) is 6.73. The number of fused-ring (bicyclic) bond motifs is 1. The predicted octanol–water partition coefficient (Wildman–Crippen LogP) is 1.56. The Hall–Kier alpha value is -0.960. The van der Waals surface area contributed by atoms with Gasteiger partial charge in [0.15, 0.2) is 5.78 Å². The lowest BCUT2D eigenvalue weighted by Gasteiger charge is -1.96. The normalized spacial score (nSPS) is 15.1. The first-order valence-corrected chi connectivity index (χ1v) is 4.31. The highest BCUT2D eigenvalue weighted by molar-refractivity contribution is 8.00. The third kappa shape index (κ3) is 1.01. The summed E-state index contributed by atoms with van der Waals surface area (Å²) in [5, 5.41) is 0. The molecular formula is C8H7NOS. The zero-order valence-electron chi connectivity index (χ0n) is 5.83. The van der Waals surface area contributed by atoms with Gasteiger partial charge in [0, 0.05) is 16.1 Å². The lowest BCUT2D eigenvalue weighted by atomic mass is 10.1. The fraction of sp³-hybridized carbons (Fsp3) is 0.125. The Balaban J connectivity index is 2.60. The fourth-order valence-electron chi connectivity index (χ4n) is 1.11. The molecule has 3 heteroatoms. The second-order valence-electron chi connectivity index (χ2n) is 2.47. The molecule has 0 saturated heterocycles. The van der Waals surface area contributed by atoms with Crippen molar-refractivity contribution < 1.29 is 4.79 Å². The molecule has 1 heterocycles. The van der Waals surface area contributed by atoms with Gasteiger partial charge >= 0.3 is 0 Å². The first-order valence-electron chi connectivity index (χ1n) is 3.33. The van der Waals surface area contributed by atoms with Crippen LogP contribution >= 0.6 is 11.8 Å². The zero-order chi connectivity index (χ0) is 7.84. The summed E-state index contributed by atoms with van der Waals surface area (Å²) in [6.07, 6.45) is 0. The van der Waals surface area contributed by atoms with Crippen molar-refractivity contribution in [2.24, 2.45) is 0 Å². The van der Waals surface area contributed by atoms with Crippen molar-refractivity contribution >= 4 is 23.2 Å². The summed E-state index contributed by atoms with van der Waals surface area (Å²) in [4.78, 5) is 12.2. The van der Waals surface area contributed by atoms with E-state index in [1.165, 1.54) is 0 Å². The van der Waals surface area contributed by atoms with Crippen molar-refractivity contribution in [1.82, 2.24) is 0 Å². The molecule has 0 atom stereocenters. The summed E-state index contributed by atoms with van der Waals surface area (Å²) in [7, 11) is 0. The quantitative estimate of drug-likeness (QED) is 0.593. The van der Waals surface area contributed by atoms with E-state index in [4.69, 9.17) is 5.73 Å². The number of thioether (sulfide) groups is 1. The second kappa shape index (κ2) is 2.27. The highest BCUT2D eigenvalue weighted by atomic mass is 32.2. The van der Waals surface area contributed by atoms with E-state index in [0.717, 1.165) is 10.5 Å². The third-order valence-electron chi connectivity index (χ3n) is 1.66. The van der Waals surface area contributed by atoms with Crippen LogP contribution in [0, 0.1) is 0 Å². The van der Waals surface area contributed by atoms with Gasteiger partial charge in [-0.1, -0.05) is 0 Å². The summed E-state index contributed by atoms with van der Waals surface area (Å²) in [5.41, 5.74) is 6.98. The van der Waals surface area contributed by atoms with Crippen LogP contribution in [0.25, 0.3) is 0 Å². The molecule has 0 radical (unpaired) electrons. The van der Waals surface area contributed by atoms with Gasteiger partial charge in [-0.3, -0.25) is 4.79 Å². The van der Waals surface area contributed by atoms with E-state index >= 15 is 0 Å². The third-order valence-corrected chi connectivity index (χ3v) is 2.74. The number of hydrogen-bond acceptors (Lipinski definition) is 3. The van der Waals surface area contributed by atoms with Crippen LogP contribution in [0.3, 0.4) is 0 Å². The van der Waals surface area contributed by atoms with Gasteiger partial charge in [-0.25, -0.2) is 0 Å². The average molecular weight is 165 g/mol. The molecule has 2 rings (SSSR count). The molecule has 0 unspecified atom stereocenters. The number of anilines is 1. The summed E-state index contributed by atoms with van der Waals surface area (Å²) in [6.45, 7) is 0. The maximum Gasteiger partial charge on any atom is 0.174 e. The molecule has 0 aromatic heterocycles. The van der Waals surface area contributed by atoms with Gasteiger partial charge in [-0.2, -0.15) is 0 Å². The van der Waals surface area contributed by atoms with E-state index in [2.05, 4.69) is 0 Å². The number of ketones is 1. The van der Waals surface area contributed by atoms with Crippen LogP contribution in [0.2, 0.25) is 0 Å². The van der Waals surface area contributed by atoms with Crippen molar-refractivity contribution in [3.8, 4) is 0 Å². The highest BCUT2D eigenvalue weighted by Gasteiger charge is 2.19. The fourth-order valence-corrected chi connectivity index (χ4v) is 2.05. The zero-order valence-corrected chi connectivity index (χ0v) is 6.65. The smallest absolute Gasteiger partial charge is 0.174 e. The molecule has 11 heavy (non-hydrogen) atoms. The number of carbonyl (C=O) groups is 1. The van der Waals surface area contributed by atoms with Crippen LogP contribution in [-0.4, -0.2) is 11.5 Å². The molecule has 1 aromatic rings. The van der Waals surface area contributed by atoms with Gasteiger partial charge in [-0.15, -0.1) is 11.8 Å². The number of rotatable bonds is 0. The van der Waals surface area contributed by atoms with Crippen LogP contribution in [0.1, 0.15) is 10.4 Å². The van der Waals surface area contributed by atoms with Gasteiger partial charge in [0.1, 0.15) is 0 Å². The Bertz CT molecular complexity index is 322. The predicted molar refractivity (Wildman–Crippen MR) is 45.9 cm³/mol. The van der Waals surface area contributed by atoms with Crippen molar-refractivity contribution in [3.05, 3.63) is 23.8 Å². The minimum atomic E-state index is 0.192. The minimum Gasteiger partial charge on any atom is -0.399 e. The number of hydrogen-bond donors (Lipinski definition) is 1. The Morgan fingerprint density at radius 1 is 1.45 bits per heavy atom. The topological polar surface area (TPSA) is 43.1 Å². The molecule has 0 bridgehead atoms. The summed E-state index contributed by atoms with van der Waals surface area (Å²) >= 11 is 1.58. The van der Waals surface area contributed by atoms with Gasteiger partial charge in [0.05, 0.1) is 5.75 Å². The molecule has 1 aliphatic rings. The lowest BCUT2D eigenvalue weighted by Crippen LogP contribution is -1.96. The first-order chi connectivity index (χ1) is 5.27. The maximum atomic E-state index is 11.1. The number of Topliss-reactive ketones (excluding diaryl/α,β-unsaturated/α-hetero) is 1.